The summed E-state index contributed by atoms with van der Waals surface area (Å²) in [4.78, 5) is 0. The van der Waals surface area contributed by atoms with Crippen LogP contribution in [-0.2, 0) is 21.6 Å². The molecule has 1 rings (SSSR count). The van der Waals surface area contributed by atoms with Crippen molar-refractivity contribution in [3.05, 3.63) is 11.9 Å². The van der Waals surface area contributed by atoms with Crippen LogP contribution in [0.3, 0.4) is 0 Å². The fourth-order valence-corrected chi connectivity index (χ4v) is 1.27. The first-order valence-corrected chi connectivity index (χ1v) is 5.80. The Morgan fingerprint density at radius 1 is 1.35 bits per heavy atom. The van der Waals surface area contributed by atoms with Gasteiger partial charge in [0.25, 0.3) is 0 Å². The summed E-state index contributed by atoms with van der Waals surface area (Å²) in [6.45, 7) is 6.56. The van der Waals surface area contributed by atoms with E-state index >= 15 is 0 Å². The van der Waals surface area contributed by atoms with Crippen LogP contribution in [0.5, 0.6) is 0 Å². The fourth-order valence-electron chi connectivity index (χ4n) is 1.27. The molecule has 1 aromatic rings. The van der Waals surface area contributed by atoms with E-state index in [1.165, 1.54) is 0 Å². The minimum Gasteiger partial charge on any atom is -0.385 e. The Morgan fingerprint density at radius 3 is 2.71 bits per heavy atom. The molecule has 17 heavy (non-hydrogen) atoms. The molecule has 0 saturated heterocycles. The van der Waals surface area contributed by atoms with Gasteiger partial charge >= 0.3 is 0 Å². The molecule has 6 heteroatoms. The maximum atomic E-state index is 5.92. The lowest BCUT2D eigenvalue weighted by Gasteiger charge is -2.13. The zero-order valence-electron chi connectivity index (χ0n) is 10.8. The summed E-state index contributed by atoms with van der Waals surface area (Å²) in [7, 11) is 1.69. The molecular formula is C11H22N4O2. The number of hydrogen-bond donors (Lipinski definition) is 1. The van der Waals surface area contributed by atoms with Crippen LogP contribution in [0.15, 0.2) is 6.20 Å². The second-order valence-corrected chi connectivity index (χ2v) is 4.55. The molecule has 0 spiro atoms. The molecule has 0 saturated carbocycles. The highest BCUT2D eigenvalue weighted by Crippen LogP contribution is 2.12. The van der Waals surface area contributed by atoms with Gasteiger partial charge in [-0.1, -0.05) is 5.21 Å². The molecule has 2 N–H and O–H groups in total. The van der Waals surface area contributed by atoms with Crippen molar-refractivity contribution in [1.29, 1.82) is 0 Å². The number of aromatic nitrogens is 3. The Bertz CT molecular complexity index is 320. The van der Waals surface area contributed by atoms with Gasteiger partial charge in [-0.2, -0.15) is 0 Å². The number of nitrogens with two attached hydrogens (primary N) is 1. The Kier molecular flexibility index (Phi) is 5.54. The normalized spacial score (nSPS) is 12.0. The fraction of sp³-hybridized carbons (Fsp3) is 0.818. The first-order valence-electron chi connectivity index (χ1n) is 5.80. The van der Waals surface area contributed by atoms with Crippen molar-refractivity contribution in [2.75, 3.05) is 26.9 Å². The molecule has 0 bridgehead atoms. The first-order chi connectivity index (χ1) is 8.04. The summed E-state index contributed by atoms with van der Waals surface area (Å²) < 4.78 is 12.1. The van der Waals surface area contributed by atoms with Crippen molar-refractivity contribution >= 4 is 0 Å². The van der Waals surface area contributed by atoms with Crippen LogP contribution in [0, 0.1) is 0 Å². The van der Waals surface area contributed by atoms with E-state index in [1.807, 2.05) is 20.0 Å². The van der Waals surface area contributed by atoms with Crippen LogP contribution >= 0.6 is 0 Å². The minimum atomic E-state index is -0.447. The average Bonchev–Trinajstić information content (AvgIpc) is 2.71. The summed E-state index contributed by atoms with van der Waals surface area (Å²) in [5, 5.41) is 8.03. The predicted octanol–water partition coefficient (Wildman–Crippen LogP) is 0.525. The van der Waals surface area contributed by atoms with Gasteiger partial charge in [-0.25, -0.2) is 4.68 Å². The Morgan fingerprint density at radius 2 is 2.12 bits per heavy atom. The van der Waals surface area contributed by atoms with Gasteiger partial charge in [-0.05, 0) is 20.3 Å². The smallest absolute Gasteiger partial charge is 0.102 e. The van der Waals surface area contributed by atoms with E-state index in [1.54, 1.807) is 11.8 Å². The highest BCUT2D eigenvalue weighted by Gasteiger charge is 2.17. The third-order valence-electron chi connectivity index (χ3n) is 2.30. The first kappa shape index (κ1) is 14.1. The molecule has 0 aliphatic heterocycles. The summed E-state index contributed by atoms with van der Waals surface area (Å²) in [6, 6.07) is 0. The topological polar surface area (TPSA) is 75.2 Å². The molecule has 0 aromatic carbocycles. The van der Waals surface area contributed by atoms with E-state index in [9.17, 15) is 0 Å². The summed E-state index contributed by atoms with van der Waals surface area (Å²) in [5.74, 6) is 0. The lowest BCUT2D eigenvalue weighted by Crippen LogP contribution is -2.29. The van der Waals surface area contributed by atoms with Crippen molar-refractivity contribution in [3.63, 3.8) is 0 Å². The number of hydrogen-bond acceptors (Lipinski definition) is 5. The molecule has 0 aliphatic rings. The van der Waals surface area contributed by atoms with E-state index in [-0.39, 0.29) is 0 Å². The van der Waals surface area contributed by atoms with Crippen molar-refractivity contribution in [2.24, 2.45) is 5.73 Å². The second kappa shape index (κ2) is 6.68. The van der Waals surface area contributed by atoms with E-state index in [2.05, 4.69) is 10.3 Å². The van der Waals surface area contributed by atoms with Crippen molar-refractivity contribution in [2.45, 2.75) is 32.4 Å². The van der Waals surface area contributed by atoms with Crippen LogP contribution in [0.2, 0.25) is 0 Å². The van der Waals surface area contributed by atoms with E-state index in [0.29, 0.717) is 19.8 Å². The number of rotatable bonds is 8. The largest absolute Gasteiger partial charge is 0.385 e. The molecule has 98 valence electrons. The molecule has 0 aliphatic carbocycles. The molecular weight excluding hydrogens is 220 g/mol. The van der Waals surface area contributed by atoms with Crippen LogP contribution in [-0.4, -0.2) is 41.9 Å². The van der Waals surface area contributed by atoms with Crippen LogP contribution in [0.4, 0.5) is 0 Å². The van der Waals surface area contributed by atoms with Crippen molar-refractivity contribution in [1.82, 2.24) is 15.0 Å². The average molecular weight is 242 g/mol. The summed E-state index contributed by atoms with van der Waals surface area (Å²) in [6.07, 6.45) is 2.77. The molecule has 0 radical (unpaired) electrons. The van der Waals surface area contributed by atoms with E-state index < -0.39 is 5.54 Å². The monoisotopic (exact) mass is 242 g/mol. The van der Waals surface area contributed by atoms with Crippen LogP contribution in [0.25, 0.3) is 0 Å². The summed E-state index contributed by atoms with van der Waals surface area (Å²) in [5.41, 5.74) is 6.26. The van der Waals surface area contributed by atoms with Crippen LogP contribution in [0.1, 0.15) is 26.0 Å². The third kappa shape index (κ3) is 5.25. The standard InChI is InChI=1S/C11H22N4O2/c1-11(2,12)10-9-15(14-13-10)5-8-17-7-4-6-16-3/h9H,4-8,12H2,1-3H3. The number of methoxy groups -OCH3 is 1. The molecule has 0 fully saturated rings. The highest BCUT2D eigenvalue weighted by atomic mass is 16.5. The Balaban J connectivity index is 2.21. The van der Waals surface area contributed by atoms with Gasteiger partial charge in [-0.15, -0.1) is 5.10 Å². The van der Waals surface area contributed by atoms with Gasteiger partial charge in [0.15, 0.2) is 0 Å². The van der Waals surface area contributed by atoms with Gasteiger partial charge in [0.05, 0.1) is 24.9 Å². The van der Waals surface area contributed by atoms with E-state index in [4.69, 9.17) is 15.2 Å². The maximum Gasteiger partial charge on any atom is 0.102 e. The minimum absolute atomic E-state index is 0.447. The van der Waals surface area contributed by atoms with Crippen LogP contribution < -0.4 is 5.73 Å². The maximum absolute atomic E-state index is 5.92. The van der Waals surface area contributed by atoms with Gasteiger partial charge in [0, 0.05) is 20.3 Å². The number of ether oxygens (including phenoxy) is 2. The Labute approximate surface area is 102 Å². The second-order valence-electron chi connectivity index (χ2n) is 4.55. The quantitative estimate of drug-likeness (QED) is 0.673. The van der Waals surface area contributed by atoms with Gasteiger partial charge in [-0.3, -0.25) is 0 Å². The van der Waals surface area contributed by atoms with E-state index in [0.717, 1.165) is 18.7 Å². The number of nitrogens with zero attached hydrogens (tertiary/aromatic N) is 3. The van der Waals surface area contributed by atoms with Gasteiger partial charge in [0.2, 0.25) is 0 Å². The lowest BCUT2D eigenvalue weighted by molar-refractivity contribution is 0.0958. The van der Waals surface area contributed by atoms with Crippen molar-refractivity contribution in [3.8, 4) is 0 Å². The van der Waals surface area contributed by atoms with Gasteiger partial charge in [0.1, 0.15) is 5.69 Å². The molecule has 0 atom stereocenters. The predicted molar refractivity (Wildman–Crippen MR) is 64.5 cm³/mol. The molecule has 0 unspecified atom stereocenters. The van der Waals surface area contributed by atoms with Gasteiger partial charge < -0.3 is 15.2 Å². The molecule has 6 nitrogen and oxygen atoms in total. The zero-order valence-corrected chi connectivity index (χ0v) is 10.8. The zero-order chi connectivity index (χ0) is 12.7. The summed E-state index contributed by atoms with van der Waals surface area (Å²) >= 11 is 0. The third-order valence-corrected chi connectivity index (χ3v) is 2.30. The molecule has 1 aromatic heterocycles. The van der Waals surface area contributed by atoms with Crippen molar-refractivity contribution < 1.29 is 9.47 Å². The lowest BCUT2D eigenvalue weighted by atomic mass is 10.0. The SMILES string of the molecule is COCCCOCCn1cc(C(C)(C)N)nn1. The highest BCUT2D eigenvalue weighted by molar-refractivity contribution is 5.05. The molecule has 1 heterocycles. The molecule has 0 amide bonds. The Hall–Kier alpha value is -0.980.